The Morgan fingerprint density at radius 3 is 2.88 bits per heavy atom. The summed E-state index contributed by atoms with van der Waals surface area (Å²) in [5, 5.41) is 0. The second kappa shape index (κ2) is 4.89. The molecule has 0 bridgehead atoms. The maximum Gasteiger partial charge on any atom is 0.320 e. The van der Waals surface area contributed by atoms with Crippen LogP contribution >= 0.6 is 0 Å². The van der Waals surface area contributed by atoms with E-state index >= 15 is 0 Å². The van der Waals surface area contributed by atoms with Crippen molar-refractivity contribution in [2.24, 2.45) is 5.92 Å². The number of likely N-dealkylation sites (tertiary alicyclic amines) is 1. The van der Waals surface area contributed by atoms with Crippen molar-refractivity contribution in [3.05, 3.63) is 11.6 Å². The van der Waals surface area contributed by atoms with E-state index in [1.807, 2.05) is 9.80 Å². The van der Waals surface area contributed by atoms with Crippen LogP contribution in [0.5, 0.6) is 0 Å². The smallest absolute Gasteiger partial charge is 0.320 e. The first-order valence-electron chi connectivity index (χ1n) is 6.36. The zero-order valence-electron chi connectivity index (χ0n) is 10.4. The fourth-order valence-electron chi connectivity index (χ4n) is 2.64. The van der Waals surface area contributed by atoms with E-state index in [1.165, 1.54) is 12.0 Å². The molecule has 1 saturated heterocycles. The minimum absolute atomic E-state index is 0.249. The van der Waals surface area contributed by atoms with Crippen molar-refractivity contribution in [3.63, 3.8) is 0 Å². The van der Waals surface area contributed by atoms with Gasteiger partial charge < -0.3 is 9.80 Å². The molecule has 0 saturated carbocycles. The average Bonchev–Trinajstić information content (AvgIpc) is 2.28. The molecular formula is C13H22N2O. The number of piperidine rings is 1. The van der Waals surface area contributed by atoms with Gasteiger partial charge in [0.2, 0.25) is 0 Å². The molecule has 1 unspecified atom stereocenters. The third-order valence-corrected chi connectivity index (χ3v) is 3.53. The van der Waals surface area contributed by atoms with Gasteiger partial charge in [-0.05, 0) is 32.1 Å². The number of carbonyl (C=O) groups is 1. The molecule has 16 heavy (non-hydrogen) atoms. The summed E-state index contributed by atoms with van der Waals surface area (Å²) in [6.07, 6.45) is 5.68. The van der Waals surface area contributed by atoms with Crippen molar-refractivity contribution in [2.45, 2.75) is 33.1 Å². The van der Waals surface area contributed by atoms with E-state index in [0.29, 0.717) is 5.92 Å². The SMILES string of the molecule is CC1=CCCN(C(=O)N2CCCC(C)C2)C1. The number of hydrogen-bond donors (Lipinski definition) is 0. The summed E-state index contributed by atoms with van der Waals surface area (Å²) >= 11 is 0. The fourth-order valence-corrected chi connectivity index (χ4v) is 2.64. The van der Waals surface area contributed by atoms with Gasteiger partial charge in [0.1, 0.15) is 0 Å². The Balaban J connectivity index is 1.94. The fraction of sp³-hybridized carbons (Fsp3) is 0.769. The van der Waals surface area contributed by atoms with Gasteiger partial charge in [-0.25, -0.2) is 4.79 Å². The van der Waals surface area contributed by atoms with Crippen LogP contribution in [0.2, 0.25) is 0 Å². The van der Waals surface area contributed by atoms with Crippen molar-refractivity contribution < 1.29 is 4.79 Å². The largest absolute Gasteiger partial charge is 0.324 e. The topological polar surface area (TPSA) is 23.6 Å². The maximum absolute atomic E-state index is 12.3. The number of carbonyl (C=O) groups excluding carboxylic acids is 1. The standard InChI is InChI=1S/C13H22N2O/c1-11-5-3-7-14(9-11)13(16)15-8-4-6-12(2)10-15/h5,12H,3-4,6-10H2,1-2H3. The van der Waals surface area contributed by atoms with Crippen LogP contribution in [-0.2, 0) is 0 Å². The van der Waals surface area contributed by atoms with E-state index in [-0.39, 0.29) is 6.03 Å². The molecule has 0 aromatic carbocycles. The monoisotopic (exact) mass is 222 g/mol. The number of rotatable bonds is 0. The highest BCUT2D eigenvalue weighted by Gasteiger charge is 2.25. The van der Waals surface area contributed by atoms with Crippen molar-refractivity contribution in [3.8, 4) is 0 Å². The van der Waals surface area contributed by atoms with Crippen molar-refractivity contribution in [2.75, 3.05) is 26.2 Å². The van der Waals surface area contributed by atoms with Crippen LogP contribution in [0.1, 0.15) is 33.1 Å². The summed E-state index contributed by atoms with van der Waals surface area (Å²) in [6, 6.07) is 0.249. The van der Waals surface area contributed by atoms with Gasteiger partial charge >= 0.3 is 6.03 Å². The zero-order chi connectivity index (χ0) is 11.5. The lowest BCUT2D eigenvalue weighted by molar-refractivity contribution is 0.133. The number of hydrogen-bond acceptors (Lipinski definition) is 1. The molecule has 0 aromatic rings. The predicted molar refractivity (Wildman–Crippen MR) is 65.3 cm³/mol. The molecule has 2 aliphatic rings. The quantitative estimate of drug-likeness (QED) is 0.578. The Labute approximate surface area is 98.1 Å². The molecule has 1 fully saturated rings. The second-order valence-electron chi connectivity index (χ2n) is 5.24. The minimum Gasteiger partial charge on any atom is -0.324 e. The molecule has 2 rings (SSSR count). The molecule has 2 amide bonds. The third-order valence-electron chi connectivity index (χ3n) is 3.53. The lowest BCUT2D eigenvalue weighted by Crippen LogP contribution is -2.48. The minimum atomic E-state index is 0.249. The van der Waals surface area contributed by atoms with Crippen LogP contribution in [0.3, 0.4) is 0 Å². The molecule has 2 aliphatic heterocycles. The summed E-state index contributed by atoms with van der Waals surface area (Å²) in [5.41, 5.74) is 1.32. The van der Waals surface area contributed by atoms with Gasteiger partial charge in [-0.2, -0.15) is 0 Å². The van der Waals surface area contributed by atoms with E-state index < -0.39 is 0 Å². The van der Waals surface area contributed by atoms with Crippen molar-refractivity contribution >= 4 is 6.03 Å². The Morgan fingerprint density at radius 2 is 2.19 bits per heavy atom. The molecule has 2 heterocycles. The van der Waals surface area contributed by atoms with Gasteiger partial charge in [-0.3, -0.25) is 0 Å². The first-order chi connectivity index (χ1) is 7.66. The van der Waals surface area contributed by atoms with Crippen LogP contribution in [0.25, 0.3) is 0 Å². The second-order valence-corrected chi connectivity index (χ2v) is 5.24. The molecule has 1 atom stereocenters. The van der Waals surface area contributed by atoms with Crippen molar-refractivity contribution in [1.29, 1.82) is 0 Å². The normalized spacial score (nSPS) is 26.6. The Bertz CT molecular complexity index is 298. The Kier molecular flexibility index (Phi) is 3.52. The first-order valence-corrected chi connectivity index (χ1v) is 6.36. The Hall–Kier alpha value is -0.990. The van der Waals surface area contributed by atoms with E-state index in [1.54, 1.807) is 0 Å². The van der Waals surface area contributed by atoms with Crippen LogP contribution < -0.4 is 0 Å². The molecule has 3 nitrogen and oxygen atoms in total. The molecule has 0 aliphatic carbocycles. The summed E-state index contributed by atoms with van der Waals surface area (Å²) in [5.74, 6) is 0.666. The molecular weight excluding hydrogens is 200 g/mol. The summed E-state index contributed by atoms with van der Waals surface area (Å²) in [7, 11) is 0. The molecule has 0 N–H and O–H groups in total. The van der Waals surface area contributed by atoms with Gasteiger partial charge in [-0.1, -0.05) is 18.6 Å². The maximum atomic E-state index is 12.3. The molecule has 0 radical (unpaired) electrons. The summed E-state index contributed by atoms with van der Waals surface area (Å²) in [6.45, 7) is 7.95. The van der Waals surface area contributed by atoms with E-state index in [0.717, 1.165) is 39.0 Å². The lowest BCUT2D eigenvalue weighted by atomic mass is 10.0. The molecule has 3 heteroatoms. The van der Waals surface area contributed by atoms with E-state index in [9.17, 15) is 4.79 Å². The first kappa shape index (κ1) is 11.5. The van der Waals surface area contributed by atoms with E-state index in [4.69, 9.17) is 0 Å². The van der Waals surface area contributed by atoms with Gasteiger partial charge in [-0.15, -0.1) is 0 Å². The van der Waals surface area contributed by atoms with Gasteiger partial charge in [0.15, 0.2) is 0 Å². The zero-order valence-corrected chi connectivity index (χ0v) is 10.4. The van der Waals surface area contributed by atoms with Gasteiger partial charge in [0.25, 0.3) is 0 Å². The molecule has 0 spiro atoms. The highest BCUT2D eigenvalue weighted by Crippen LogP contribution is 2.18. The van der Waals surface area contributed by atoms with E-state index in [2.05, 4.69) is 19.9 Å². The molecule has 0 aromatic heterocycles. The summed E-state index contributed by atoms with van der Waals surface area (Å²) in [4.78, 5) is 16.3. The Morgan fingerprint density at radius 1 is 1.38 bits per heavy atom. The summed E-state index contributed by atoms with van der Waals surface area (Å²) < 4.78 is 0. The van der Waals surface area contributed by atoms with Crippen molar-refractivity contribution in [1.82, 2.24) is 9.80 Å². The van der Waals surface area contributed by atoms with Crippen LogP contribution in [0.15, 0.2) is 11.6 Å². The predicted octanol–water partition coefficient (Wildman–Crippen LogP) is 2.49. The van der Waals surface area contributed by atoms with Crippen LogP contribution in [0, 0.1) is 5.92 Å². The number of nitrogens with zero attached hydrogens (tertiary/aromatic N) is 2. The highest BCUT2D eigenvalue weighted by atomic mass is 16.2. The number of amides is 2. The van der Waals surface area contributed by atoms with Gasteiger partial charge in [0.05, 0.1) is 0 Å². The van der Waals surface area contributed by atoms with Crippen LogP contribution in [-0.4, -0.2) is 42.0 Å². The molecule has 90 valence electrons. The highest BCUT2D eigenvalue weighted by molar-refractivity contribution is 5.75. The van der Waals surface area contributed by atoms with Crippen LogP contribution in [0.4, 0.5) is 4.79 Å². The third kappa shape index (κ3) is 2.57. The van der Waals surface area contributed by atoms with Gasteiger partial charge in [0, 0.05) is 26.2 Å². The number of urea groups is 1. The average molecular weight is 222 g/mol. The lowest BCUT2D eigenvalue weighted by Gasteiger charge is -2.36.